The van der Waals surface area contributed by atoms with E-state index in [4.69, 9.17) is 0 Å². The van der Waals surface area contributed by atoms with Gasteiger partial charge in [-0.1, -0.05) is 6.07 Å². The lowest BCUT2D eigenvalue weighted by atomic mass is 10.3. The second-order valence-corrected chi connectivity index (χ2v) is 1.53. The number of carbonyl (C=O) groups is 1. The fraction of sp³-hybridized carbons (Fsp3) is 0. The summed E-state index contributed by atoms with van der Waals surface area (Å²) in [6.45, 7) is 0. The van der Waals surface area contributed by atoms with Crippen molar-refractivity contribution in [3.8, 4) is 0 Å². The zero-order valence-corrected chi connectivity index (χ0v) is 4.57. The topological polar surface area (TPSA) is 53.0 Å². The molecular weight excluding hydrogens is 118 g/mol. The van der Waals surface area contributed by atoms with E-state index in [0.29, 0.717) is 0 Å². The normalized spacial score (nSPS) is 8.89. The molecule has 0 unspecified atom stereocenters. The van der Waals surface area contributed by atoms with Gasteiger partial charge in [-0.25, -0.2) is 0 Å². The van der Waals surface area contributed by atoms with E-state index in [0.717, 1.165) is 0 Å². The lowest BCUT2D eigenvalue weighted by molar-refractivity contribution is -0.255. The minimum atomic E-state index is -1.19. The van der Waals surface area contributed by atoms with E-state index in [2.05, 4.69) is 4.98 Å². The maximum absolute atomic E-state index is 10.0. The van der Waals surface area contributed by atoms with E-state index in [9.17, 15) is 9.90 Å². The Morgan fingerprint density at radius 1 is 1.67 bits per heavy atom. The van der Waals surface area contributed by atoms with Gasteiger partial charge in [0.1, 0.15) is 0 Å². The van der Waals surface area contributed by atoms with Crippen molar-refractivity contribution >= 4 is 5.97 Å². The number of carboxylic acid groups (broad SMARTS) is 1. The number of pyridine rings is 1. The average Bonchev–Trinajstić information content (AvgIpc) is 1.90. The van der Waals surface area contributed by atoms with Crippen molar-refractivity contribution in [2.24, 2.45) is 0 Å². The van der Waals surface area contributed by atoms with Crippen LogP contribution in [0.2, 0.25) is 0 Å². The summed E-state index contributed by atoms with van der Waals surface area (Å²) < 4.78 is 0. The zero-order chi connectivity index (χ0) is 6.69. The van der Waals surface area contributed by atoms with Crippen LogP contribution >= 0.6 is 0 Å². The quantitative estimate of drug-likeness (QED) is 0.502. The molecule has 0 aliphatic rings. The molecule has 1 aromatic rings. The third-order valence-corrected chi connectivity index (χ3v) is 0.897. The van der Waals surface area contributed by atoms with Gasteiger partial charge in [0.15, 0.2) is 0 Å². The molecule has 0 fully saturated rings. The number of carboxylic acids is 1. The minimum absolute atomic E-state index is 0.109. The molecule has 3 heteroatoms. The van der Waals surface area contributed by atoms with Gasteiger partial charge in [0, 0.05) is 18.0 Å². The fourth-order valence-corrected chi connectivity index (χ4v) is 0.484. The van der Waals surface area contributed by atoms with Gasteiger partial charge in [0.05, 0.1) is 5.97 Å². The van der Waals surface area contributed by atoms with Gasteiger partial charge in [-0.15, -0.1) is 0 Å². The van der Waals surface area contributed by atoms with Crippen LogP contribution in [-0.2, 0) is 0 Å². The second-order valence-electron chi connectivity index (χ2n) is 1.53. The lowest BCUT2D eigenvalue weighted by Crippen LogP contribution is -2.22. The summed E-state index contributed by atoms with van der Waals surface area (Å²) in [5.74, 6) is -1.19. The molecule has 46 valence electrons. The maximum Gasteiger partial charge on any atom is 0.0730 e. The fourth-order valence-electron chi connectivity index (χ4n) is 0.484. The second kappa shape index (κ2) is 2.26. The molecule has 0 bridgehead atoms. The van der Waals surface area contributed by atoms with Gasteiger partial charge in [0.25, 0.3) is 0 Å². The van der Waals surface area contributed by atoms with E-state index in [1.54, 1.807) is 6.07 Å². The zero-order valence-electron chi connectivity index (χ0n) is 4.57. The van der Waals surface area contributed by atoms with Crippen molar-refractivity contribution in [1.29, 1.82) is 0 Å². The molecule has 0 N–H and O–H groups in total. The molecule has 0 atom stereocenters. The first-order valence-corrected chi connectivity index (χ1v) is 2.42. The van der Waals surface area contributed by atoms with Crippen LogP contribution in [0.5, 0.6) is 0 Å². The van der Waals surface area contributed by atoms with Crippen molar-refractivity contribution in [3.05, 3.63) is 30.1 Å². The Bertz CT molecular complexity index is 208. The van der Waals surface area contributed by atoms with Crippen LogP contribution in [0.15, 0.2) is 24.5 Å². The monoisotopic (exact) mass is 122 g/mol. The number of rotatable bonds is 1. The van der Waals surface area contributed by atoms with Crippen LogP contribution in [0.4, 0.5) is 0 Å². The Hall–Kier alpha value is -1.38. The van der Waals surface area contributed by atoms with E-state index in [1.165, 1.54) is 18.5 Å². The average molecular weight is 122 g/mol. The molecule has 1 heterocycles. The van der Waals surface area contributed by atoms with Gasteiger partial charge in [-0.3, -0.25) is 4.98 Å². The van der Waals surface area contributed by atoms with Crippen molar-refractivity contribution in [2.45, 2.75) is 0 Å². The van der Waals surface area contributed by atoms with Gasteiger partial charge in [-0.05, 0) is 6.07 Å². The van der Waals surface area contributed by atoms with Crippen LogP contribution in [0, 0.1) is 0 Å². The number of nitrogens with zero attached hydrogens (tertiary/aromatic N) is 1. The SMILES string of the molecule is O=C([O-])c1cccnc1. The van der Waals surface area contributed by atoms with Crippen molar-refractivity contribution in [1.82, 2.24) is 4.98 Å². The minimum Gasteiger partial charge on any atom is -0.545 e. The van der Waals surface area contributed by atoms with E-state index in [1.807, 2.05) is 0 Å². The number of aromatic carboxylic acids is 1. The van der Waals surface area contributed by atoms with Gasteiger partial charge in [-0.2, -0.15) is 0 Å². The summed E-state index contributed by atoms with van der Waals surface area (Å²) in [7, 11) is 0. The maximum atomic E-state index is 10.0. The summed E-state index contributed by atoms with van der Waals surface area (Å²) in [6, 6.07) is 2.98. The van der Waals surface area contributed by atoms with Crippen LogP contribution in [0.3, 0.4) is 0 Å². The van der Waals surface area contributed by atoms with E-state index >= 15 is 0 Å². The Kier molecular flexibility index (Phi) is 1.44. The lowest BCUT2D eigenvalue weighted by Gasteiger charge is -1.97. The van der Waals surface area contributed by atoms with Crippen LogP contribution in [0.1, 0.15) is 10.4 Å². The Morgan fingerprint density at radius 2 is 2.44 bits per heavy atom. The predicted molar refractivity (Wildman–Crippen MR) is 28.6 cm³/mol. The van der Waals surface area contributed by atoms with Crippen LogP contribution in [-0.4, -0.2) is 11.0 Å². The van der Waals surface area contributed by atoms with Crippen molar-refractivity contribution < 1.29 is 9.90 Å². The van der Waals surface area contributed by atoms with E-state index in [-0.39, 0.29) is 5.56 Å². The van der Waals surface area contributed by atoms with Crippen molar-refractivity contribution in [3.63, 3.8) is 0 Å². The van der Waals surface area contributed by atoms with Crippen molar-refractivity contribution in [2.75, 3.05) is 0 Å². The number of aromatic nitrogens is 1. The highest BCUT2D eigenvalue weighted by molar-refractivity contribution is 5.85. The largest absolute Gasteiger partial charge is 0.545 e. The molecule has 0 spiro atoms. The molecule has 0 saturated heterocycles. The molecule has 0 amide bonds. The van der Waals surface area contributed by atoms with Gasteiger partial charge in [0.2, 0.25) is 0 Å². The highest BCUT2D eigenvalue weighted by atomic mass is 16.4. The molecular formula is C6H4NO2-. The molecule has 0 radical (unpaired) electrons. The third-order valence-electron chi connectivity index (χ3n) is 0.897. The molecule has 3 nitrogen and oxygen atoms in total. The van der Waals surface area contributed by atoms with E-state index < -0.39 is 5.97 Å². The Balaban J connectivity index is 2.98. The third kappa shape index (κ3) is 1.25. The van der Waals surface area contributed by atoms with Gasteiger partial charge >= 0.3 is 0 Å². The highest BCUT2D eigenvalue weighted by Crippen LogP contribution is 1.90. The number of carbonyl (C=O) groups excluding carboxylic acids is 1. The summed E-state index contributed by atoms with van der Waals surface area (Å²) in [5, 5.41) is 10.0. The number of hydrogen-bond donors (Lipinski definition) is 0. The molecule has 0 aromatic carbocycles. The first kappa shape index (κ1) is 5.75. The Morgan fingerprint density at radius 3 is 2.78 bits per heavy atom. The molecule has 0 aliphatic heterocycles. The molecule has 9 heavy (non-hydrogen) atoms. The highest BCUT2D eigenvalue weighted by Gasteiger charge is 1.87. The molecule has 0 aliphatic carbocycles. The van der Waals surface area contributed by atoms with Crippen LogP contribution < -0.4 is 5.11 Å². The predicted octanol–water partition coefficient (Wildman–Crippen LogP) is -0.555. The summed E-state index contributed by atoms with van der Waals surface area (Å²) in [4.78, 5) is 13.6. The molecule has 1 rings (SSSR count). The summed E-state index contributed by atoms with van der Waals surface area (Å²) >= 11 is 0. The smallest absolute Gasteiger partial charge is 0.0730 e. The first-order valence-electron chi connectivity index (χ1n) is 2.42. The molecule has 0 saturated carbocycles. The first-order chi connectivity index (χ1) is 4.30. The number of hydrogen-bond acceptors (Lipinski definition) is 3. The molecule has 1 aromatic heterocycles. The van der Waals surface area contributed by atoms with Crippen LogP contribution in [0.25, 0.3) is 0 Å². The summed E-state index contributed by atoms with van der Waals surface area (Å²) in [5.41, 5.74) is 0.109. The van der Waals surface area contributed by atoms with Gasteiger partial charge < -0.3 is 9.90 Å². The summed E-state index contributed by atoms with van der Waals surface area (Å²) in [6.07, 6.45) is 2.75. The standard InChI is InChI=1S/C6H5NO2/c8-6(9)5-2-1-3-7-4-5/h1-4H,(H,8,9)/p-1. The Labute approximate surface area is 52.0 Å².